The molecule has 1 amide bonds. The molecule has 0 aliphatic carbocycles. The van der Waals surface area contributed by atoms with Crippen LogP contribution >= 0.6 is 11.3 Å². The highest BCUT2D eigenvalue weighted by Crippen LogP contribution is 2.26. The SMILES string of the molecule is CN(Cc1ccco1)C(=O)c1cc2ccccc2s1. The summed E-state index contributed by atoms with van der Waals surface area (Å²) in [6.07, 6.45) is 1.62. The summed E-state index contributed by atoms with van der Waals surface area (Å²) >= 11 is 1.52. The molecule has 0 atom stereocenters. The number of amides is 1. The predicted octanol–water partition coefficient (Wildman–Crippen LogP) is 3.77. The first-order valence-electron chi connectivity index (χ1n) is 6.00. The van der Waals surface area contributed by atoms with E-state index in [1.807, 2.05) is 42.5 Å². The molecule has 3 nitrogen and oxygen atoms in total. The minimum Gasteiger partial charge on any atom is -0.467 e. The normalized spacial score (nSPS) is 10.8. The van der Waals surface area contributed by atoms with Crippen LogP contribution in [0.5, 0.6) is 0 Å². The summed E-state index contributed by atoms with van der Waals surface area (Å²) in [6.45, 7) is 0.486. The van der Waals surface area contributed by atoms with Crippen LogP contribution in [0.4, 0.5) is 0 Å². The second kappa shape index (κ2) is 4.90. The molecular weight excluding hydrogens is 258 g/mol. The number of nitrogens with zero attached hydrogens (tertiary/aromatic N) is 1. The van der Waals surface area contributed by atoms with Gasteiger partial charge < -0.3 is 9.32 Å². The Hall–Kier alpha value is -2.07. The van der Waals surface area contributed by atoms with Gasteiger partial charge in [-0.15, -0.1) is 11.3 Å². The molecule has 0 saturated carbocycles. The Morgan fingerprint density at radius 3 is 2.84 bits per heavy atom. The second-order valence-corrected chi connectivity index (χ2v) is 5.47. The molecule has 0 bridgehead atoms. The Balaban J connectivity index is 1.82. The fraction of sp³-hybridized carbons (Fsp3) is 0.133. The van der Waals surface area contributed by atoms with Gasteiger partial charge in [0.2, 0.25) is 0 Å². The van der Waals surface area contributed by atoms with Crippen LogP contribution in [-0.4, -0.2) is 17.9 Å². The van der Waals surface area contributed by atoms with Crippen molar-refractivity contribution >= 4 is 27.3 Å². The maximum absolute atomic E-state index is 12.3. The first kappa shape index (κ1) is 12.0. The van der Waals surface area contributed by atoms with Crippen LogP contribution < -0.4 is 0 Å². The van der Waals surface area contributed by atoms with Gasteiger partial charge in [0, 0.05) is 11.7 Å². The first-order chi connectivity index (χ1) is 9.24. The van der Waals surface area contributed by atoms with Gasteiger partial charge in [-0.1, -0.05) is 18.2 Å². The average molecular weight is 271 g/mol. The van der Waals surface area contributed by atoms with Crippen LogP contribution in [0.15, 0.2) is 53.1 Å². The highest BCUT2D eigenvalue weighted by molar-refractivity contribution is 7.20. The van der Waals surface area contributed by atoms with E-state index < -0.39 is 0 Å². The third-order valence-corrected chi connectivity index (χ3v) is 4.06. The first-order valence-corrected chi connectivity index (χ1v) is 6.82. The maximum Gasteiger partial charge on any atom is 0.264 e. The fourth-order valence-electron chi connectivity index (χ4n) is 1.98. The maximum atomic E-state index is 12.3. The van der Waals surface area contributed by atoms with Gasteiger partial charge in [0.25, 0.3) is 5.91 Å². The third kappa shape index (κ3) is 2.39. The Morgan fingerprint density at radius 1 is 1.26 bits per heavy atom. The lowest BCUT2D eigenvalue weighted by molar-refractivity contribution is 0.0780. The zero-order valence-electron chi connectivity index (χ0n) is 10.5. The molecule has 3 aromatic rings. The standard InChI is InChI=1S/C15H13NO2S/c1-16(10-12-6-4-8-18-12)15(17)14-9-11-5-2-3-7-13(11)19-14/h2-9H,10H2,1H3. The second-order valence-electron chi connectivity index (χ2n) is 4.39. The molecule has 0 unspecified atom stereocenters. The molecule has 0 saturated heterocycles. The van der Waals surface area contributed by atoms with Crippen molar-refractivity contribution in [1.82, 2.24) is 4.90 Å². The van der Waals surface area contributed by atoms with Crippen LogP contribution in [0.25, 0.3) is 10.1 Å². The molecule has 0 radical (unpaired) electrons. The highest BCUT2D eigenvalue weighted by atomic mass is 32.1. The number of hydrogen-bond acceptors (Lipinski definition) is 3. The lowest BCUT2D eigenvalue weighted by atomic mass is 10.2. The van der Waals surface area contributed by atoms with Gasteiger partial charge in [0.1, 0.15) is 5.76 Å². The number of furan rings is 1. The molecule has 3 rings (SSSR count). The van der Waals surface area contributed by atoms with Crippen molar-refractivity contribution < 1.29 is 9.21 Å². The van der Waals surface area contributed by atoms with Gasteiger partial charge in [-0.25, -0.2) is 0 Å². The van der Waals surface area contributed by atoms with Gasteiger partial charge in [0.05, 0.1) is 17.7 Å². The van der Waals surface area contributed by atoms with Crippen molar-refractivity contribution in [2.75, 3.05) is 7.05 Å². The lowest BCUT2D eigenvalue weighted by Gasteiger charge is -2.14. The number of thiophene rings is 1. The van der Waals surface area contributed by atoms with Crippen molar-refractivity contribution in [3.63, 3.8) is 0 Å². The summed E-state index contributed by atoms with van der Waals surface area (Å²) < 4.78 is 6.39. The van der Waals surface area contributed by atoms with E-state index in [-0.39, 0.29) is 5.91 Å². The van der Waals surface area contributed by atoms with E-state index in [0.29, 0.717) is 6.54 Å². The smallest absolute Gasteiger partial charge is 0.264 e. The largest absolute Gasteiger partial charge is 0.467 e. The highest BCUT2D eigenvalue weighted by Gasteiger charge is 2.15. The third-order valence-electron chi connectivity index (χ3n) is 2.96. The van der Waals surface area contributed by atoms with E-state index in [1.54, 1.807) is 18.2 Å². The molecule has 2 aromatic heterocycles. The minimum absolute atomic E-state index is 0.0256. The van der Waals surface area contributed by atoms with E-state index in [0.717, 1.165) is 20.7 Å². The van der Waals surface area contributed by atoms with E-state index in [2.05, 4.69) is 0 Å². The summed E-state index contributed by atoms with van der Waals surface area (Å²) in [4.78, 5) is 14.8. The number of rotatable bonds is 3. The van der Waals surface area contributed by atoms with Crippen molar-refractivity contribution in [3.05, 3.63) is 59.4 Å². The molecule has 4 heteroatoms. The van der Waals surface area contributed by atoms with Gasteiger partial charge in [0.15, 0.2) is 0 Å². The molecule has 96 valence electrons. The summed E-state index contributed by atoms with van der Waals surface area (Å²) in [7, 11) is 1.79. The van der Waals surface area contributed by atoms with Gasteiger partial charge >= 0.3 is 0 Å². The Labute approximate surface area is 115 Å². The minimum atomic E-state index is 0.0256. The summed E-state index contributed by atoms with van der Waals surface area (Å²) in [5.74, 6) is 0.814. The average Bonchev–Trinajstić information content (AvgIpc) is 3.05. The molecule has 1 aromatic carbocycles. The Kier molecular flexibility index (Phi) is 3.09. The molecule has 2 heterocycles. The van der Waals surface area contributed by atoms with E-state index in [9.17, 15) is 4.79 Å². The number of fused-ring (bicyclic) bond motifs is 1. The fourth-order valence-corrected chi connectivity index (χ4v) is 3.04. The number of hydrogen-bond donors (Lipinski definition) is 0. The van der Waals surface area contributed by atoms with Gasteiger partial charge in [-0.3, -0.25) is 4.79 Å². The van der Waals surface area contributed by atoms with Crippen LogP contribution in [0, 0.1) is 0 Å². The molecule has 0 aliphatic heterocycles. The molecule has 19 heavy (non-hydrogen) atoms. The van der Waals surface area contributed by atoms with E-state index in [1.165, 1.54) is 11.3 Å². The lowest BCUT2D eigenvalue weighted by Crippen LogP contribution is -2.25. The van der Waals surface area contributed by atoms with Crippen LogP contribution in [0.1, 0.15) is 15.4 Å². The molecule has 0 fully saturated rings. The Morgan fingerprint density at radius 2 is 2.11 bits per heavy atom. The molecule has 0 aliphatic rings. The number of benzene rings is 1. The topological polar surface area (TPSA) is 33.5 Å². The summed E-state index contributed by atoms with van der Waals surface area (Å²) in [6, 6.07) is 13.7. The van der Waals surface area contributed by atoms with Gasteiger partial charge in [-0.2, -0.15) is 0 Å². The molecular formula is C15H13NO2S. The van der Waals surface area contributed by atoms with Crippen molar-refractivity contribution in [3.8, 4) is 0 Å². The van der Waals surface area contributed by atoms with Crippen LogP contribution in [0.2, 0.25) is 0 Å². The van der Waals surface area contributed by atoms with Crippen LogP contribution in [0.3, 0.4) is 0 Å². The van der Waals surface area contributed by atoms with Crippen molar-refractivity contribution in [1.29, 1.82) is 0 Å². The number of carbonyl (C=O) groups excluding carboxylic acids is 1. The van der Waals surface area contributed by atoms with E-state index in [4.69, 9.17) is 4.42 Å². The summed E-state index contributed by atoms with van der Waals surface area (Å²) in [5, 5.41) is 1.11. The predicted molar refractivity (Wildman–Crippen MR) is 76.3 cm³/mol. The summed E-state index contributed by atoms with van der Waals surface area (Å²) in [5.41, 5.74) is 0. The van der Waals surface area contributed by atoms with E-state index >= 15 is 0 Å². The van der Waals surface area contributed by atoms with Crippen LogP contribution in [-0.2, 0) is 6.54 Å². The van der Waals surface area contributed by atoms with Crippen molar-refractivity contribution in [2.24, 2.45) is 0 Å². The quantitative estimate of drug-likeness (QED) is 0.726. The molecule has 0 spiro atoms. The van der Waals surface area contributed by atoms with Crippen molar-refractivity contribution in [2.45, 2.75) is 6.54 Å². The molecule has 0 N–H and O–H groups in total. The number of carbonyl (C=O) groups is 1. The zero-order chi connectivity index (χ0) is 13.2. The Bertz CT molecular complexity index is 667. The van der Waals surface area contributed by atoms with Gasteiger partial charge in [-0.05, 0) is 29.7 Å². The zero-order valence-corrected chi connectivity index (χ0v) is 11.3. The monoisotopic (exact) mass is 271 g/mol.